The van der Waals surface area contributed by atoms with Gasteiger partial charge >= 0.3 is 5.97 Å². The van der Waals surface area contributed by atoms with E-state index in [9.17, 15) is 9.90 Å². The lowest BCUT2D eigenvalue weighted by Gasteiger charge is -2.40. The number of carboxylic acids is 1. The quantitative estimate of drug-likeness (QED) is 0.849. The third-order valence-corrected chi connectivity index (χ3v) is 5.64. The zero-order valence-electron chi connectivity index (χ0n) is 17.5. The van der Waals surface area contributed by atoms with E-state index < -0.39 is 5.97 Å². The molecule has 0 aliphatic carbocycles. The standard InChI is InChI=1S/C22H30N4O2/c1-15-17(12-20(27)28)21(26-10-8-22(2,3)9-11-26)18(14-23-15)16-6-7-19(24-13-16)25(4)5/h6-7,13-14H,8-12H2,1-5H3,(H,27,28). The van der Waals surface area contributed by atoms with Crippen molar-refractivity contribution in [2.75, 3.05) is 37.0 Å². The fourth-order valence-corrected chi connectivity index (χ4v) is 3.72. The van der Waals surface area contributed by atoms with Gasteiger partial charge in [-0.15, -0.1) is 0 Å². The number of piperidine rings is 1. The van der Waals surface area contributed by atoms with Crippen molar-refractivity contribution >= 4 is 17.5 Å². The number of hydrogen-bond donors (Lipinski definition) is 1. The number of aryl methyl sites for hydroxylation is 1. The van der Waals surface area contributed by atoms with E-state index >= 15 is 0 Å². The Morgan fingerprint density at radius 1 is 1.18 bits per heavy atom. The Morgan fingerprint density at radius 2 is 1.86 bits per heavy atom. The molecule has 0 amide bonds. The summed E-state index contributed by atoms with van der Waals surface area (Å²) in [5.74, 6) is 0.0533. The summed E-state index contributed by atoms with van der Waals surface area (Å²) in [6.45, 7) is 8.32. The van der Waals surface area contributed by atoms with Gasteiger partial charge in [-0.05, 0) is 37.3 Å². The zero-order chi connectivity index (χ0) is 20.5. The van der Waals surface area contributed by atoms with E-state index in [1.54, 1.807) is 0 Å². The van der Waals surface area contributed by atoms with Gasteiger partial charge in [0.05, 0.1) is 12.1 Å². The maximum absolute atomic E-state index is 11.6. The molecule has 1 saturated heterocycles. The Labute approximate surface area is 167 Å². The number of aromatic nitrogens is 2. The number of nitrogens with zero attached hydrogens (tertiary/aromatic N) is 4. The van der Waals surface area contributed by atoms with E-state index in [0.29, 0.717) is 5.41 Å². The van der Waals surface area contributed by atoms with Crippen molar-refractivity contribution < 1.29 is 9.90 Å². The average molecular weight is 383 g/mol. The average Bonchev–Trinajstić information content (AvgIpc) is 2.63. The third kappa shape index (κ3) is 4.26. The first-order chi connectivity index (χ1) is 13.2. The lowest BCUT2D eigenvalue weighted by Crippen LogP contribution is -2.38. The molecule has 3 rings (SSSR count). The van der Waals surface area contributed by atoms with Gasteiger partial charge in [0.15, 0.2) is 0 Å². The summed E-state index contributed by atoms with van der Waals surface area (Å²) in [4.78, 5) is 24.9. The summed E-state index contributed by atoms with van der Waals surface area (Å²) >= 11 is 0. The maximum Gasteiger partial charge on any atom is 0.307 e. The Balaban J connectivity index is 2.10. The summed E-state index contributed by atoms with van der Waals surface area (Å²) in [6, 6.07) is 4.02. The van der Waals surface area contributed by atoms with Crippen molar-refractivity contribution in [3.8, 4) is 11.1 Å². The van der Waals surface area contributed by atoms with Crippen LogP contribution in [0.4, 0.5) is 11.5 Å². The Kier molecular flexibility index (Phi) is 5.59. The maximum atomic E-state index is 11.6. The van der Waals surface area contributed by atoms with Crippen molar-refractivity contribution in [2.24, 2.45) is 5.41 Å². The highest BCUT2D eigenvalue weighted by Gasteiger charge is 2.29. The second kappa shape index (κ2) is 7.78. The summed E-state index contributed by atoms with van der Waals surface area (Å²) in [6.07, 6.45) is 5.85. The highest BCUT2D eigenvalue weighted by Crippen LogP contribution is 2.39. The molecule has 28 heavy (non-hydrogen) atoms. The first-order valence-electron chi connectivity index (χ1n) is 9.77. The van der Waals surface area contributed by atoms with Gasteiger partial charge in [-0.2, -0.15) is 0 Å². The minimum absolute atomic E-state index is 0.0227. The SMILES string of the molecule is Cc1ncc(-c2ccc(N(C)C)nc2)c(N2CCC(C)(C)CC2)c1CC(=O)O. The number of rotatable bonds is 5. The molecule has 1 aliphatic rings. The van der Waals surface area contributed by atoms with Crippen molar-refractivity contribution in [3.05, 3.63) is 35.8 Å². The molecule has 6 nitrogen and oxygen atoms in total. The summed E-state index contributed by atoms with van der Waals surface area (Å²) in [5, 5.41) is 9.49. The third-order valence-electron chi connectivity index (χ3n) is 5.64. The van der Waals surface area contributed by atoms with Gasteiger partial charge in [-0.3, -0.25) is 9.78 Å². The molecule has 2 aromatic heterocycles. The van der Waals surface area contributed by atoms with Crippen molar-refractivity contribution in [1.29, 1.82) is 0 Å². The molecular formula is C22H30N4O2. The van der Waals surface area contributed by atoms with Gasteiger partial charge in [-0.25, -0.2) is 4.98 Å². The molecule has 0 unspecified atom stereocenters. The van der Waals surface area contributed by atoms with Crippen LogP contribution in [0.25, 0.3) is 11.1 Å². The highest BCUT2D eigenvalue weighted by atomic mass is 16.4. The Bertz CT molecular complexity index is 850. The second-order valence-corrected chi connectivity index (χ2v) is 8.61. The molecular weight excluding hydrogens is 352 g/mol. The van der Waals surface area contributed by atoms with Crippen LogP contribution in [0, 0.1) is 12.3 Å². The molecule has 150 valence electrons. The number of carbonyl (C=O) groups is 1. The first kappa shape index (κ1) is 20.1. The number of hydrogen-bond acceptors (Lipinski definition) is 5. The van der Waals surface area contributed by atoms with E-state index in [1.165, 1.54) is 0 Å². The fraction of sp³-hybridized carbons (Fsp3) is 0.500. The molecule has 1 aliphatic heterocycles. The van der Waals surface area contributed by atoms with Gasteiger partial charge in [-0.1, -0.05) is 13.8 Å². The highest BCUT2D eigenvalue weighted by molar-refractivity contribution is 5.84. The van der Waals surface area contributed by atoms with E-state index in [-0.39, 0.29) is 6.42 Å². The smallest absolute Gasteiger partial charge is 0.307 e. The Morgan fingerprint density at radius 3 is 2.39 bits per heavy atom. The molecule has 0 spiro atoms. The topological polar surface area (TPSA) is 69.6 Å². The molecule has 0 aromatic carbocycles. The van der Waals surface area contributed by atoms with Gasteiger partial charge in [0.1, 0.15) is 5.82 Å². The van der Waals surface area contributed by atoms with Crippen LogP contribution in [0.3, 0.4) is 0 Å². The largest absolute Gasteiger partial charge is 0.481 e. The van der Waals surface area contributed by atoms with Crippen LogP contribution in [-0.4, -0.2) is 48.2 Å². The molecule has 6 heteroatoms. The molecule has 2 aromatic rings. The van der Waals surface area contributed by atoms with Crippen LogP contribution in [0.2, 0.25) is 0 Å². The van der Waals surface area contributed by atoms with Crippen LogP contribution in [0.15, 0.2) is 24.5 Å². The van der Waals surface area contributed by atoms with E-state index in [4.69, 9.17) is 0 Å². The summed E-state index contributed by atoms with van der Waals surface area (Å²) < 4.78 is 0. The van der Waals surface area contributed by atoms with Crippen LogP contribution < -0.4 is 9.80 Å². The normalized spacial score (nSPS) is 16.1. The summed E-state index contributed by atoms with van der Waals surface area (Å²) in [5.41, 5.74) is 4.83. The van der Waals surface area contributed by atoms with E-state index in [1.807, 2.05) is 50.4 Å². The molecule has 1 fully saturated rings. The number of carboxylic acid groups (broad SMARTS) is 1. The monoisotopic (exact) mass is 382 g/mol. The fourth-order valence-electron chi connectivity index (χ4n) is 3.72. The molecule has 3 heterocycles. The molecule has 0 saturated carbocycles. The molecule has 0 bridgehead atoms. The molecule has 0 atom stereocenters. The van der Waals surface area contributed by atoms with Crippen LogP contribution >= 0.6 is 0 Å². The lowest BCUT2D eigenvalue weighted by molar-refractivity contribution is -0.136. The van der Waals surface area contributed by atoms with Crippen molar-refractivity contribution in [2.45, 2.75) is 40.0 Å². The number of pyridine rings is 2. The van der Waals surface area contributed by atoms with Gasteiger partial charge in [0.25, 0.3) is 0 Å². The van der Waals surface area contributed by atoms with E-state index in [2.05, 4.69) is 28.7 Å². The second-order valence-electron chi connectivity index (χ2n) is 8.61. The zero-order valence-corrected chi connectivity index (χ0v) is 17.5. The van der Waals surface area contributed by atoms with E-state index in [0.717, 1.165) is 59.8 Å². The van der Waals surface area contributed by atoms with Crippen LogP contribution in [0.1, 0.15) is 37.9 Å². The molecule has 1 N–H and O–H groups in total. The van der Waals surface area contributed by atoms with Crippen molar-refractivity contribution in [1.82, 2.24) is 9.97 Å². The Hall–Kier alpha value is -2.63. The predicted octanol–water partition coefficient (Wildman–Crippen LogP) is 3.77. The number of aliphatic carboxylic acids is 1. The lowest BCUT2D eigenvalue weighted by atomic mass is 9.82. The van der Waals surface area contributed by atoms with Gasteiger partial charge in [0, 0.05) is 62.0 Å². The van der Waals surface area contributed by atoms with Gasteiger partial charge in [0.2, 0.25) is 0 Å². The number of anilines is 2. The predicted molar refractivity (Wildman–Crippen MR) is 113 cm³/mol. The summed E-state index contributed by atoms with van der Waals surface area (Å²) in [7, 11) is 3.92. The van der Waals surface area contributed by atoms with Crippen LogP contribution in [-0.2, 0) is 11.2 Å². The minimum atomic E-state index is -0.832. The minimum Gasteiger partial charge on any atom is -0.481 e. The van der Waals surface area contributed by atoms with Gasteiger partial charge < -0.3 is 14.9 Å². The van der Waals surface area contributed by atoms with Crippen LogP contribution in [0.5, 0.6) is 0 Å². The van der Waals surface area contributed by atoms with Crippen molar-refractivity contribution in [3.63, 3.8) is 0 Å². The molecule has 0 radical (unpaired) electrons. The first-order valence-corrected chi connectivity index (χ1v) is 9.77.